The first-order valence-corrected chi connectivity index (χ1v) is 6.77. The number of nitrogens with two attached hydrogens (primary N) is 1. The van der Waals surface area contributed by atoms with Gasteiger partial charge in [-0.3, -0.25) is 4.79 Å². The van der Waals surface area contributed by atoms with E-state index in [-0.39, 0.29) is 5.91 Å². The van der Waals surface area contributed by atoms with Gasteiger partial charge in [0.05, 0.1) is 6.61 Å². The summed E-state index contributed by atoms with van der Waals surface area (Å²) in [6.07, 6.45) is 2.58. The number of rotatable bonds is 6. The lowest BCUT2D eigenvalue weighted by molar-refractivity contribution is 0.0681. The molecule has 1 aromatic rings. The van der Waals surface area contributed by atoms with Gasteiger partial charge in [0.2, 0.25) is 0 Å². The summed E-state index contributed by atoms with van der Waals surface area (Å²) in [5, 5.41) is 0. The third kappa shape index (κ3) is 3.96. The number of nitrogens with zero attached hydrogens (tertiary/aromatic N) is 1. The van der Waals surface area contributed by atoms with E-state index in [1.54, 1.807) is 18.0 Å². The number of hydrogen-bond donors (Lipinski definition) is 1. The predicted molar refractivity (Wildman–Crippen MR) is 76.1 cm³/mol. The van der Waals surface area contributed by atoms with Gasteiger partial charge in [-0.05, 0) is 43.4 Å². The van der Waals surface area contributed by atoms with Gasteiger partial charge in [0.1, 0.15) is 0 Å². The van der Waals surface area contributed by atoms with Crippen molar-refractivity contribution < 1.29 is 9.53 Å². The lowest BCUT2D eigenvalue weighted by atomic mass is 10.1. The lowest BCUT2D eigenvalue weighted by Crippen LogP contribution is -2.30. The van der Waals surface area contributed by atoms with E-state index in [9.17, 15) is 4.79 Å². The Balaban J connectivity index is 1.81. The Hall–Kier alpha value is -1.55. The Morgan fingerprint density at radius 1 is 1.47 bits per heavy atom. The lowest BCUT2D eigenvalue weighted by Gasteiger charge is -2.17. The van der Waals surface area contributed by atoms with Crippen LogP contribution in [0.3, 0.4) is 0 Å². The topological polar surface area (TPSA) is 55.6 Å². The second kappa shape index (κ2) is 6.06. The molecule has 0 bridgehead atoms. The average Bonchev–Trinajstić information content (AvgIpc) is 3.21. The van der Waals surface area contributed by atoms with Crippen LogP contribution >= 0.6 is 0 Å². The van der Waals surface area contributed by atoms with Gasteiger partial charge >= 0.3 is 0 Å². The van der Waals surface area contributed by atoms with Crippen LogP contribution in [-0.4, -0.2) is 37.6 Å². The molecule has 1 aliphatic rings. The van der Waals surface area contributed by atoms with E-state index >= 15 is 0 Å². The molecule has 2 N–H and O–H groups in total. The Kier molecular flexibility index (Phi) is 4.43. The van der Waals surface area contributed by atoms with E-state index in [2.05, 4.69) is 0 Å². The molecule has 0 radical (unpaired) electrons. The van der Waals surface area contributed by atoms with Gasteiger partial charge in [0.15, 0.2) is 0 Å². The summed E-state index contributed by atoms with van der Waals surface area (Å²) < 4.78 is 5.54. The zero-order valence-electron chi connectivity index (χ0n) is 11.7. The summed E-state index contributed by atoms with van der Waals surface area (Å²) >= 11 is 0. The fourth-order valence-electron chi connectivity index (χ4n) is 1.83. The minimum Gasteiger partial charge on any atom is -0.398 e. The van der Waals surface area contributed by atoms with Gasteiger partial charge in [0, 0.05) is 31.5 Å². The summed E-state index contributed by atoms with van der Waals surface area (Å²) in [4.78, 5) is 13.8. The van der Waals surface area contributed by atoms with Crippen molar-refractivity contribution in [1.29, 1.82) is 0 Å². The maximum Gasteiger partial charge on any atom is 0.253 e. The molecule has 19 heavy (non-hydrogen) atoms. The summed E-state index contributed by atoms with van der Waals surface area (Å²) in [5.74, 6) is 0.750. The highest BCUT2D eigenvalue weighted by atomic mass is 16.5. The molecular formula is C15H22N2O2. The van der Waals surface area contributed by atoms with Crippen molar-refractivity contribution in [3.8, 4) is 0 Å². The molecule has 0 heterocycles. The summed E-state index contributed by atoms with van der Waals surface area (Å²) in [6.45, 7) is 3.97. The third-order valence-electron chi connectivity index (χ3n) is 3.49. The average molecular weight is 262 g/mol. The second-order valence-electron chi connectivity index (χ2n) is 5.32. The van der Waals surface area contributed by atoms with E-state index in [0.717, 1.165) is 18.1 Å². The monoisotopic (exact) mass is 262 g/mol. The van der Waals surface area contributed by atoms with Crippen LogP contribution < -0.4 is 5.73 Å². The Morgan fingerprint density at radius 3 is 2.84 bits per heavy atom. The smallest absolute Gasteiger partial charge is 0.253 e. The van der Waals surface area contributed by atoms with Crippen molar-refractivity contribution in [3.05, 3.63) is 29.3 Å². The highest BCUT2D eigenvalue weighted by Crippen LogP contribution is 2.28. The highest BCUT2D eigenvalue weighted by Gasteiger charge is 2.21. The van der Waals surface area contributed by atoms with Crippen LogP contribution in [0.25, 0.3) is 0 Å². The Bertz CT molecular complexity index is 455. The number of anilines is 1. The largest absolute Gasteiger partial charge is 0.398 e. The zero-order chi connectivity index (χ0) is 13.8. The standard InChI is InChI=1S/C15H22N2O2/c1-11-3-6-13(9-14(11)16)15(18)17(2)7-8-19-10-12-4-5-12/h3,6,9,12H,4-5,7-8,10,16H2,1-2H3. The number of likely N-dealkylation sites (N-methyl/N-ethyl adjacent to an activating group) is 1. The molecule has 0 saturated heterocycles. The fraction of sp³-hybridized carbons (Fsp3) is 0.533. The van der Waals surface area contributed by atoms with Crippen LogP contribution in [0, 0.1) is 12.8 Å². The van der Waals surface area contributed by atoms with Crippen molar-refractivity contribution in [2.45, 2.75) is 19.8 Å². The molecule has 2 rings (SSSR count). The molecule has 0 atom stereocenters. The maximum atomic E-state index is 12.2. The molecule has 0 aliphatic heterocycles. The van der Waals surface area contributed by atoms with Gasteiger partial charge in [-0.1, -0.05) is 6.07 Å². The molecular weight excluding hydrogens is 240 g/mol. The van der Waals surface area contributed by atoms with Crippen molar-refractivity contribution in [2.24, 2.45) is 5.92 Å². The first-order valence-electron chi connectivity index (χ1n) is 6.77. The predicted octanol–water partition coefficient (Wildman–Crippen LogP) is 2.08. The van der Waals surface area contributed by atoms with E-state index in [4.69, 9.17) is 10.5 Å². The Labute approximate surface area is 114 Å². The van der Waals surface area contributed by atoms with Crippen LogP contribution in [0.5, 0.6) is 0 Å². The van der Waals surface area contributed by atoms with Gasteiger partial charge < -0.3 is 15.4 Å². The number of nitrogen functional groups attached to an aromatic ring is 1. The van der Waals surface area contributed by atoms with Crippen LogP contribution in [0.15, 0.2) is 18.2 Å². The molecule has 0 unspecified atom stereocenters. The van der Waals surface area contributed by atoms with Crippen molar-refractivity contribution in [3.63, 3.8) is 0 Å². The first kappa shape index (κ1) is 13.9. The minimum atomic E-state index is -0.0123. The van der Waals surface area contributed by atoms with Crippen molar-refractivity contribution in [1.82, 2.24) is 4.90 Å². The number of ether oxygens (including phenoxy) is 1. The normalized spacial score (nSPS) is 14.4. The molecule has 4 heteroatoms. The molecule has 1 amide bonds. The molecule has 4 nitrogen and oxygen atoms in total. The van der Waals surface area contributed by atoms with Crippen molar-refractivity contribution in [2.75, 3.05) is 32.5 Å². The molecule has 0 spiro atoms. The van der Waals surface area contributed by atoms with Gasteiger partial charge in [-0.25, -0.2) is 0 Å². The van der Waals surface area contributed by atoms with Crippen molar-refractivity contribution >= 4 is 11.6 Å². The van der Waals surface area contributed by atoms with Gasteiger partial charge in [-0.15, -0.1) is 0 Å². The van der Waals surface area contributed by atoms with Crippen LogP contribution in [0.1, 0.15) is 28.8 Å². The van der Waals surface area contributed by atoms with E-state index in [1.165, 1.54) is 12.8 Å². The zero-order valence-corrected chi connectivity index (χ0v) is 11.7. The third-order valence-corrected chi connectivity index (χ3v) is 3.49. The minimum absolute atomic E-state index is 0.0123. The molecule has 1 saturated carbocycles. The Morgan fingerprint density at radius 2 is 2.21 bits per heavy atom. The molecule has 104 valence electrons. The number of benzene rings is 1. The maximum absolute atomic E-state index is 12.2. The molecule has 1 aromatic carbocycles. The number of hydrogen-bond acceptors (Lipinski definition) is 3. The van der Waals surface area contributed by atoms with Crippen LogP contribution in [0.2, 0.25) is 0 Å². The second-order valence-corrected chi connectivity index (χ2v) is 5.32. The van der Waals surface area contributed by atoms with Crippen LogP contribution in [-0.2, 0) is 4.74 Å². The number of aryl methyl sites for hydroxylation is 1. The van der Waals surface area contributed by atoms with E-state index in [1.807, 2.05) is 19.1 Å². The van der Waals surface area contributed by atoms with Gasteiger partial charge in [-0.2, -0.15) is 0 Å². The number of amides is 1. The summed E-state index contributed by atoms with van der Waals surface area (Å²) in [7, 11) is 1.79. The first-order chi connectivity index (χ1) is 9.08. The molecule has 0 aromatic heterocycles. The number of carbonyl (C=O) groups excluding carboxylic acids is 1. The summed E-state index contributed by atoms with van der Waals surface area (Å²) in [5.41, 5.74) is 8.11. The number of carbonyl (C=O) groups is 1. The van der Waals surface area contributed by atoms with Gasteiger partial charge in [0.25, 0.3) is 5.91 Å². The summed E-state index contributed by atoms with van der Waals surface area (Å²) in [6, 6.07) is 5.43. The molecule has 1 fully saturated rings. The van der Waals surface area contributed by atoms with E-state index < -0.39 is 0 Å². The quantitative estimate of drug-likeness (QED) is 0.631. The fourth-order valence-corrected chi connectivity index (χ4v) is 1.83. The molecule has 1 aliphatic carbocycles. The van der Waals surface area contributed by atoms with E-state index in [0.29, 0.717) is 24.4 Å². The SMILES string of the molecule is Cc1ccc(C(=O)N(C)CCOCC2CC2)cc1N. The van der Waals surface area contributed by atoms with Crippen LogP contribution in [0.4, 0.5) is 5.69 Å². The highest BCUT2D eigenvalue weighted by molar-refractivity contribution is 5.95.